The Kier molecular flexibility index (Phi) is 5.63. The normalized spacial score (nSPS) is 12.0. The van der Waals surface area contributed by atoms with Crippen LogP contribution >= 0.6 is 0 Å². The largest absolute Gasteiger partial charge is 0.481 e. The number of hydrogen-bond acceptors (Lipinski definition) is 4. The van der Waals surface area contributed by atoms with Crippen molar-refractivity contribution in [2.45, 2.75) is 31.7 Å². The van der Waals surface area contributed by atoms with Gasteiger partial charge in [0.05, 0.1) is 6.04 Å². The molecule has 2 N–H and O–H groups in total. The minimum absolute atomic E-state index is 0.00896. The summed E-state index contributed by atoms with van der Waals surface area (Å²) >= 11 is 0. The first-order valence-corrected chi connectivity index (χ1v) is 8.52. The van der Waals surface area contributed by atoms with Crippen molar-refractivity contribution in [3.05, 3.63) is 66.1 Å². The SMILES string of the molecule is O=C(O)CCC(NC(=O)CCc1nc2ccccc2o1)c1ccccc1. The Labute approximate surface area is 150 Å². The number of amides is 1. The number of rotatable bonds is 8. The molecule has 1 aromatic heterocycles. The molecule has 3 rings (SSSR count). The molecule has 134 valence electrons. The summed E-state index contributed by atoms with van der Waals surface area (Å²) in [5.74, 6) is -0.527. The number of oxazole rings is 1. The number of carbonyl (C=O) groups excluding carboxylic acids is 1. The summed E-state index contributed by atoms with van der Waals surface area (Å²) < 4.78 is 5.62. The van der Waals surface area contributed by atoms with Gasteiger partial charge in [-0.05, 0) is 24.1 Å². The molecule has 2 aromatic carbocycles. The molecule has 6 nitrogen and oxygen atoms in total. The van der Waals surface area contributed by atoms with Crippen LogP contribution in [-0.4, -0.2) is 22.0 Å². The summed E-state index contributed by atoms with van der Waals surface area (Å²) in [6.07, 6.45) is 0.948. The molecule has 0 aliphatic heterocycles. The number of fused-ring (bicyclic) bond motifs is 1. The number of aryl methyl sites for hydroxylation is 1. The Morgan fingerprint density at radius 2 is 1.77 bits per heavy atom. The van der Waals surface area contributed by atoms with Gasteiger partial charge < -0.3 is 14.8 Å². The predicted octanol–water partition coefficient (Wildman–Crippen LogP) is 3.48. The van der Waals surface area contributed by atoms with Crippen molar-refractivity contribution in [2.24, 2.45) is 0 Å². The lowest BCUT2D eigenvalue weighted by Gasteiger charge is -2.18. The van der Waals surface area contributed by atoms with E-state index in [9.17, 15) is 9.59 Å². The fraction of sp³-hybridized carbons (Fsp3) is 0.250. The van der Waals surface area contributed by atoms with Crippen molar-refractivity contribution in [1.82, 2.24) is 10.3 Å². The highest BCUT2D eigenvalue weighted by molar-refractivity contribution is 5.77. The molecule has 3 aromatic rings. The van der Waals surface area contributed by atoms with Gasteiger partial charge >= 0.3 is 5.97 Å². The minimum Gasteiger partial charge on any atom is -0.481 e. The lowest BCUT2D eigenvalue weighted by Crippen LogP contribution is -2.29. The number of hydrogen-bond donors (Lipinski definition) is 2. The molecule has 1 atom stereocenters. The molecule has 1 amide bonds. The van der Waals surface area contributed by atoms with Crippen molar-refractivity contribution in [2.75, 3.05) is 0 Å². The summed E-state index contributed by atoms with van der Waals surface area (Å²) in [7, 11) is 0. The van der Waals surface area contributed by atoms with Gasteiger partial charge in [-0.3, -0.25) is 9.59 Å². The standard InChI is InChI=1S/C20H20N2O4/c23-18(11-12-19-22-16-8-4-5-9-17(16)26-19)21-15(10-13-20(24)25)14-6-2-1-3-7-14/h1-9,15H,10-13H2,(H,21,23)(H,24,25). The number of aromatic nitrogens is 1. The van der Waals surface area contributed by atoms with Gasteiger partial charge in [0, 0.05) is 19.3 Å². The van der Waals surface area contributed by atoms with Gasteiger partial charge in [-0.2, -0.15) is 0 Å². The second kappa shape index (κ2) is 8.29. The maximum Gasteiger partial charge on any atom is 0.303 e. The van der Waals surface area contributed by atoms with E-state index in [4.69, 9.17) is 9.52 Å². The first kappa shape index (κ1) is 17.7. The quantitative estimate of drug-likeness (QED) is 0.647. The van der Waals surface area contributed by atoms with Gasteiger partial charge in [0.15, 0.2) is 11.5 Å². The van der Waals surface area contributed by atoms with E-state index in [-0.39, 0.29) is 24.8 Å². The molecule has 0 aliphatic carbocycles. The third-order valence-corrected chi connectivity index (χ3v) is 4.09. The van der Waals surface area contributed by atoms with E-state index in [0.717, 1.165) is 11.1 Å². The fourth-order valence-corrected chi connectivity index (χ4v) is 2.79. The lowest BCUT2D eigenvalue weighted by atomic mass is 10.0. The van der Waals surface area contributed by atoms with Crippen LogP contribution in [0.4, 0.5) is 0 Å². The number of aliphatic carboxylic acids is 1. The maximum absolute atomic E-state index is 12.3. The molecule has 0 radical (unpaired) electrons. The average molecular weight is 352 g/mol. The number of carboxylic acids is 1. The van der Waals surface area contributed by atoms with Crippen LogP contribution in [0.15, 0.2) is 59.0 Å². The van der Waals surface area contributed by atoms with Gasteiger partial charge in [-0.15, -0.1) is 0 Å². The van der Waals surface area contributed by atoms with Gasteiger partial charge in [-0.1, -0.05) is 42.5 Å². The van der Waals surface area contributed by atoms with E-state index < -0.39 is 5.97 Å². The van der Waals surface area contributed by atoms with Crippen LogP contribution in [0.2, 0.25) is 0 Å². The molecule has 0 bridgehead atoms. The van der Waals surface area contributed by atoms with Gasteiger partial charge in [0.2, 0.25) is 5.91 Å². The van der Waals surface area contributed by atoms with E-state index in [1.165, 1.54) is 0 Å². The number of para-hydroxylation sites is 2. The topological polar surface area (TPSA) is 92.4 Å². The van der Waals surface area contributed by atoms with Gasteiger partial charge in [-0.25, -0.2) is 4.98 Å². The van der Waals surface area contributed by atoms with Gasteiger partial charge in [0.1, 0.15) is 5.52 Å². The maximum atomic E-state index is 12.3. The van der Waals surface area contributed by atoms with Crippen LogP contribution in [0.1, 0.15) is 36.8 Å². The third-order valence-electron chi connectivity index (χ3n) is 4.09. The lowest BCUT2D eigenvalue weighted by molar-refractivity contribution is -0.137. The first-order valence-electron chi connectivity index (χ1n) is 8.52. The van der Waals surface area contributed by atoms with E-state index in [1.54, 1.807) is 0 Å². The van der Waals surface area contributed by atoms with Crippen LogP contribution in [0.25, 0.3) is 11.1 Å². The Balaban J connectivity index is 1.60. The fourth-order valence-electron chi connectivity index (χ4n) is 2.79. The zero-order valence-electron chi connectivity index (χ0n) is 14.2. The molecular weight excluding hydrogens is 332 g/mol. The average Bonchev–Trinajstić information content (AvgIpc) is 3.07. The Morgan fingerprint density at radius 3 is 2.50 bits per heavy atom. The van der Waals surface area contributed by atoms with Crippen LogP contribution in [0, 0.1) is 0 Å². The Hall–Kier alpha value is -3.15. The van der Waals surface area contributed by atoms with E-state index in [2.05, 4.69) is 10.3 Å². The molecule has 0 saturated heterocycles. The molecule has 0 saturated carbocycles. The molecule has 1 unspecified atom stereocenters. The van der Waals surface area contributed by atoms with Crippen molar-refractivity contribution in [3.63, 3.8) is 0 Å². The number of carbonyl (C=O) groups is 2. The summed E-state index contributed by atoms with van der Waals surface area (Å²) in [5, 5.41) is 11.9. The summed E-state index contributed by atoms with van der Waals surface area (Å²) in [6.45, 7) is 0. The minimum atomic E-state index is -0.883. The van der Waals surface area contributed by atoms with Crippen molar-refractivity contribution >= 4 is 23.0 Å². The molecule has 0 aliphatic rings. The zero-order valence-corrected chi connectivity index (χ0v) is 14.2. The molecular formula is C20H20N2O4. The van der Waals surface area contributed by atoms with Crippen molar-refractivity contribution in [1.29, 1.82) is 0 Å². The monoisotopic (exact) mass is 352 g/mol. The summed E-state index contributed by atoms with van der Waals surface area (Å²) in [5.41, 5.74) is 2.36. The Bertz CT molecular complexity index is 856. The third kappa shape index (κ3) is 4.69. The van der Waals surface area contributed by atoms with Crippen LogP contribution < -0.4 is 5.32 Å². The Morgan fingerprint density at radius 1 is 1.04 bits per heavy atom. The molecule has 0 fully saturated rings. The summed E-state index contributed by atoms with van der Waals surface area (Å²) in [6, 6.07) is 16.5. The van der Waals surface area contributed by atoms with Crippen LogP contribution in [-0.2, 0) is 16.0 Å². The second-order valence-electron chi connectivity index (χ2n) is 6.04. The summed E-state index contributed by atoms with van der Waals surface area (Å²) in [4.78, 5) is 27.6. The second-order valence-corrected chi connectivity index (χ2v) is 6.04. The van der Waals surface area contributed by atoms with Crippen LogP contribution in [0.3, 0.4) is 0 Å². The smallest absolute Gasteiger partial charge is 0.303 e. The number of nitrogens with zero attached hydrogens (tertiary/aromatic N) is 1. The van der Waals surface area contributed by atoms with Gasteiger partial charge in [0.25, 0.3) is 0 Å². The molecule has 0 spiro atoms. The van der Waals surface area contributed by atoms with Crippen LogP contribution in [0.5, 0.6) is 0 Å². The first-order chi connectivity index (χ1) is 12.6. The number of carboxylic acid groups (broad SMARTS) is 1. The predicted molar refractivity (Wildman–Crippen MR) is 96.5 cm³/mol. The van der Waals surface area contributed by atoms with E-state index in [0.29, 0.717) is 24.3 Å². The van der Waals surface area contributed by atoms with E-state index >= 15 is 0 Å². The highest BCUT2D eigenvalue weighted by Gasteiger charge is 2.16. The number of benzene rings is 2. The van der Waals surface area contributed by atoms with Crippen molar-refractivity contribution in [3.8, 4) is 0 Å². The van der Waals surface area contributed by atoms with E-state index in [1.807, 2.05) is 54.6 Å². The molecule has 1 heterocycles. The molecule has 6 heteroatoms. The highest BCUT2D eigenvalue weighted by Crippen LogP contribution is 2.19. The zero-order chi connectivity index (χ0) is 18.4. The van der Waals surface area contributed by atoms with Crippen molar-refractivity contribution < 1.29 is 19.1 Å². The number of nitrogens with one attached hydrogen (secondary N) is 1. The highest BCUT2D eigenvalue weighted by atomic mass is 16.4. The molecule has 26 heavy (non-hydrogen) atoms.